The third-order valence-electron chi connectivity index (χ3n) is 9.76. The van der Waals surface area contributed by atoms with Crippen LogP contribution in [0, 0.1) is 0 Å². The van der Waals surface area contributed by atoms with Crippen LogP contribution >= 0.6 is 0 Å². The number of hydrogen-bond donors (Lipinski definition) is 6. The van der Waals surface area contributed by atoms with Gasteiger partial charge in [-0.05, 0) is 36.5 Å². The number of nitrogens with zero attached hydrogens (tertiary/aromatic N) is 5. The lowest BCUT2D eigenvalue weighted by molar-refractivity contribution is -0.137. The maximum Gasteiger partial charge on any atom is 0.316 e. The van der Waals surface area contributed by atoms with Crippen LogP contribution in [0.4, 0.5) is 10.6 Å². The van der Waals surface area contributed by atoms with E-state index in [9.17, 15) is 19.8 Å². The standard InChI is InChI=1S/C39H45N9O5/c1-2-40-37(51)34-32(49)33(50)38(53-34)48-24-43-31-35(41-21-28(26-15-8-4-9-16-26)27-17-10-5-11-18-27)44-29(45-36(31)48)22-42-39(52)46-30-19-12-20-47(30)23-25-13-6-3-7-14-25/h3-11,13-18,24,28,30,32-34,38,49-50H,2,12,19-23H2,1H3,(H,40,51)(H,41,44,45)(H2,42,46,52)/t30?,32-,33-,34+,38-/m1/s1. The number of rotatable bonds is 13. The quantitative estimate of drug-likeness (QED) is 0.106. The maximum atomic E-state index is 13.2. The molecule has 2 aliphatic rings. The molecule has 14 nitrogen and oxygen atoms in total. The molecule has 5 aromatic rings. The number of carbonyl (C=O) groups is 2. The van der Waals surface area contributed by atoms with E-state index in [1.54, 1.807) is 6.92 Å². The highest BCUT2D eigenvalue weighted by Gasteiger charge is 2.47. The van der Waals surface area contributed by atoms with E-state index in [1.807, 2.05) is 54.6 Å². The average molecular weight is 720 g/mol. The molecule has 0 spiro atoms. The minimum Gasteiger partial charge on any atom is -0.387 e. The van der Waals surface area contributed by atoms with Gasteiger partial charge >= 0.3 is 6.03 Å². The summed E-state index contributed by atoms with van der Waals surface area (Å²) >= 11 is 0. The van der Waals surface area contributed by atoms with Crippen molar-refractivity contribution in [3.63, 3.8) is 0 Å². The minimum atomic E-state index is -1.47. The summed E-state index contributed by atoms with van der Waals surface area (Å²) in [6.07, 6.45) is -2.20. The molecule has 0 radical (unpaired) electrons. The molecule has 0 bridgehead atoms. The van der Waals surface area contributed by atoms with Crippen LogP contribution in [0.1, 0.15) is 54.4 Å². The van der Waals surface area contributed by atoms with Crippen molar-refractivity contribution in [2.45, 2.75) is 69.5 Å². The van der Waals surface area contributed by atoms with Crippen LogP contribution in [0.15, 0.2) is 97.3 Å². The maximum absolute atomic E-state index is 13.2. The molecule has 3 amide bonds. The number of aromatic nitrogens is 4. The highest BCUT2D eigenvalue weighted by atomic mass is 16.6. The highest BCUT2D eigenvalue weighted by Crippen LogP contribution is 2.33. The number of hydrogen-bond acceptors (Lipinski definition) is 10. The number of ether oxygens (including phenoxy) is 1. The Morgan fingerprint density at radius 2 is 1.58 bits per heavy atom. The zero-order chi connectivity index (χ0) is 36.7. The fraction of sp³-hybridized carbons (Fsp3) is 0.359. The molecule has 2 aliphatic heterocycles. The zero-order valence-corrected chi connectivity index (χ0v) is 29.5. The lowest BCUT2D eigenvalue weighted by Gasteiger charge is -2.25. The molecular weight excluding hydrogens is 674 g/mol. The van der Waals surface area contributed by atoms with Gasteiger partial charge in [-0.3, -0.25) is 14.3 Å². The Balaban J connectivity index is 1.14. The van der Waals surface area contributed by atoms with Gasteiger partial charge in [-0.25, -0.2) is 19.7 Å². The van der Waals surface area contributed by atoms with Crippen LogP contribution in [0.5, 0.6) is 0 Å². The first kappa shape index (κ1) is 36.0. The molecular formula is C39H45N9O5. The van der Waals surface area contributed by atoms with Crippen molar-refractivity contribution in [3.05, 3.63) is 120 Å². The van der Waals surface area contributed by atoms with Crippen molar-refractivity contribution >= 4 is 28.9 Å². The topological polar surface area (TPSA) is 179 Å². The highest BCUT2D eigenvalue weighted by molar-refractivity contribution is 5.84. The van der Waals surface area contributed by atoms with E-state index in [0.717, 1.165) is 37.1 Å². The van der Waals surface area contributed by atoms with Gasteiger partial charge in [0.15, 0.2) is 35.1 Å². The lowest BCUT2D eigenvalue weighted by Crippen LogP contribution is -2.48. The van der Waals surface area contributed by atoms with Gasteiger partial charge in [0.2, 0.25) is 0 Å². The van der Waals surface area contributed by atoms with Crippen molar-refractivity contribution in [1.29, 1.82) is 0 Å². The number of amides is 3. The van der Waals surface area contributed by atoms with Crippen LogP contribution in [-0.2, 0) is 22.6 Å². The van der Waals surface area contributed by atoms with Crippen LogP contribution in [0.25, 0.3) is 11.2 Å². The van der Waals surface area contributed by atoms with Crippen LogP contribution in [0.3, 0.4) is 0 Å². The van der Waals surface area contributed by atoms with Crippen molar-refractivity contribution in [3.8, 4) is 0 Å². The molecule has 3 aromatic carbocycles. The first-order chi connectivity index (χ1) is 25.9. The van der Waals surface area contributed by atoms with Gasteiger partial charge in [0, 0.05) is 32.1 Å². The Kier molecular flexibility index (Phi) is 11.2. The number of nitrogens with one attached hydrogen (secondary N) is 4. The second kappa shape index (κ2) is 16.5. The van der Waals surface area contributed by atoms with Gasteiger partial charge in [-0.1, -0.05) is 91.0 Å². The fourth-order valence-electron chi connectivity index (χ4n) is 7.09. The zero-order valence-electron chi connectivity index (χ0n) is 29.5. The molecule has 0 saturated carbocycles. The number of likely N-dealkylation sites (N-methyl/N-ethyl adjacent to an activating group) is 1. The number of imidazole rings is 1. The van der Waals surface area contributed by atoms with E-state index < -0.39 is 30.4 Å². The van der Waals surface area contributed by atoms with Crippen LogP contribution in [0.2, 0.25) is 0 Å². The molecule has 276 valence electrons. The van der Waals surface area contributed by atoms with Gasteiger partial charge in [0.05, 0.1) is 19.0 Å². The van der Waals surface area contributed by atoms with Gasteiger partial charge in [0.1, 0.15) is 12.2 Å². The van der Waals surface area contributed by atoms with Crippen molar-refractivity contribution in [1.82, 2.24) is 40.4 Å². The number of benzene rings is 3. The Morgan fingerprint density at radius 1 is 0.906 bits per heavy atom. The van der Waals surface area contributed by atoms with Crippen molar-refractivity contribution in [2.75, 3.05) is 25.0 Å². The molecule has 4 heterocycles. The molecule has 2 fully saturated rings. The molecule has 0 aliphatic carbocycles. The lowest BCUT2D eigenvalue weighted by atomic mass is 9.91. The summed E-state index contributed by atoms with van der Waals surface area (Å²) in [5, 5.41) is 33.9. The summed E-state index contributed by atoms with van der Waals surface area (Å²) in [6, 6.07) is 30.1. The summed E-state index contributed by atoms with van der Waals surface area (Å²) in [5.41, 5.74) is 4.10. The minimum absolute atomic E-state index is 0.00787. The van der Waals surface area contributed by atoms with Gasteiger partial charge in [-0.15, -0.1) is 0 Å². The van der Waals surface area contributed by atoms with E-state index in [4.69, 9.17) is 14.7 Å². The third-order valence-corrected chi connectivity index (χ3v) is 9.76. The first-order valence-corrected chi connectivity index (χ1v) is 18.1. The number of fused-ring (bicyclic) bond motifs is 1. The first-order valence-electron chi connectivity index (χ1n) is 18.1. The van der Waals surface area contributed by atoms with E-state index >= 15 is 0 Å². The molecule has 2 aromatic heterocycles. The summed E-state index contributed by atoms with van der Waals surface area (Å²) in [5.74, 6) is 0.140. The average Bonchev–Trinajstić information content (AvgIpc) is 3.89. The summed E-state index contributed by atoms with van der Waals surface area (Å²) in [6.45, 7) is 4.17. The number of likely N-dealkylation sites (tertiary alicyclic amines) is 1. The second-order valence-corrected chi connectivity index (χ2v) is 13.3. The summed E-state index contributed by atoms with van der Waals surface area (Å²) in [4.78, 5) is 42.3. The largest absolute Gasteiger partial charge is 0.387 e. The third kappa shape index (κ3) is 8.15. The van der Waals surface area contributed by atoms with Crippen molar-refractivity contribution in [2.24, 2.45) is 0 Å². The molecule has 5 atom stereocenters. The number of aliphatic hydroxyl groups is 2. The SMILES string of the molecule is CCNC(=O)[C@H]1O[C@@H](n2cnc3c(NCC(c4ccccc4)c4ccccc4)nc(CNC(=O)NC4CCCN4Cc4ccccc4)nc32)[C@H](O)[C@H]1O. The number of urea groups is 1. The number of carbonyl (C=O) groups excluding carboxylic acids is 2. The van der Waals surface area contributed by atoms with E-state index in [2.05, 4.69) is 67.5 Å². The number of aliphatic hydroxyl groups excluding tert-OH is 2. The van der Waals surface area contributed by atoms with Gasteiger partial charge < -0.3 is 36.2 Å². The summed E-state index contributed by atoms with van der Waals surface area (Å²) < 4.78 is 7.41. The van der Waals surface area contributed by atoms with Gasteiger partial charge in [-0.2, -0.15) is 0 Å². The Hall–Kier alpha value is -5.41. The Labute approximate surface area is 307 Å². The summed E-state index contributed by atoms with van der Waals surface area (Å²) in [7, 11) is 0. The van der Waals surface area contributed by atoms with E-state index in [0.29, 0.717) is 30.1 Å². The molecule has 1 unspecified atom stereocenters. The predicted octanol–water partition coefficient (Wildman–Crippen LogP) is 3.25. The predicted molar refractivity (Wildman–Crippen MR) is 198 cm³/mol. The molecule has 14 heteroatoms. The van der Waals surface area contributed by atoms with Crippen molar-refractivity contribution < 1.29 is 24.5 Å². The Bertz CT molecular complexity index is 1940. The molecule has 53 heavy (non-hydrogen) atoms. The molecule has 6 N–H and O–H groups in total. The molecule has 7 rings (SSSR count). The van der Waals surface area contributed by atoms with Crippen LogP contribution < -0.4 is 21.3 Å². The van der Waals surface area contributed by atoms with Crippen LogP contribution in [-0.4, -0.2) is 90.7 Å². The monoisotopic (exact) mass is 719 g/mol. The van der Waals surface area contributed by atoms with Gasteiger partial charge in [0.25, 0.3) is 5.91 Å². The smallest absolute Gasteiger partial charge is 0.316 e. The second-order valence-electron chi connectivity index (χ2n) is 13.3. The number of anilines is 1. The normalized spacial score (nSPS) is 21.5. The fourth-order valence-corrected chi connectivity index (χ4v) is 7.09. The van der Waals surface area contributed by atoms with E-state index in [1.165, 1.54) is 16.5 Å². The molecule has 2 saturated heterocycles. The Morgan fingerprint density at radius 3 is 2.26 bits per heavy atom. The van der Waals surface area contributed by atoms with E-state index in [-0.39, 0.29) is 30.5 Å².